The molecule has 1 unspecified atom stereocenters. The van der Waals surface area contributed by atoms with E-state index in [-0.39, 0.29) is 24.2 Å². The fourth-order valence-corrected chi connectivity index (χ4v) is 2.61. The summed E-state index contributed by atoms with van der Waals surface area (Å²) in [6.07, 6.45) is 9.07. The van der Waals surface area contributed by atoms with E-state index in [1.165, 1.54) is 25.3 Å². The van der Waals surface area contributed by atoms with E-state index in [0.717, 1.165) is 18.5 Å². The molecule has 0 bridgehead atoms. The number of esters is 1. The number of benzene rings is 1. The topological polar surface area (TPSA) is 64.4 Å². The zero-order valence-electron chi connectivity index (χ0n) is 15.5. The van der Waals surface area contributed by atoms with Crippen molar-refractivity contribution in [3.05, 3.63) is 60.4 Å². The molecule has 27 heavy (non-hydrogen) atoms. The molecule has 7 heteroatoms. The van der Waals surface area contributed by atoms with Crippen LogP contribution in [0.5, 0.6) is 0 Å². The second-order valence-corrected chi connectivity index (χ2v) is 6.25. The Balaban J connectivity index is 2.00. The van der Waals surface area contributed by atoms with Crippen molar-refractivity contribution in [2.45, 2.75) is 19.9 Å². The fourth-order valence-electron chi connectivity index (χ4n) is 2.61. The zero-order valence-corrected chi connectivity index (χ0v) is 15.5. The molecule has 1 aromatic carbocycles. The van der Waals surface area contributed by atoms with E-state index in [1.54, 1.807) is 42.6 Å². The van der Waals surface area contributed by atoms with Gasteiger partial charge in [0.15, 0.2) is 0 Å². The molecule has 2 rings (SSSR count). The third kappa shape index (κ3) is 6.69. The molecular formula is C20H24FN3O3. The van der Waals surface area contributed by atoms with Crippen LogP contribution in [0.4, 0.5) is 4.39 Å². The van der Waals surface area contributed by atoms with Crippen LogP contribution in [0.15, 0.2) is 49.1 Å². The number of aryl methyl sites for hydroxylation is 1. The van der Waals surface area contributed by atoms with Crippen LogP contribution in [-0.2, 0) is 20.9 Å². The molecule has 0 N–H and O–H groups in total. The molecule has 0 aliphatic carbocycles. The molecule has 6 nitrogen and oxygen atoms in total. The van der Waals surface area contributed by atoms with Gasteiger partial charge in [-0.3, -0.25) is 9.59 Å². The zero-order chi connectivity index (χ0) is 19.6. The quantitative estimate of drug-likeness (QED) is 0.501. The van der Waals surface area contributed by atoms with Gasteiger partial charge in [0.25, 0.3) is 0 Å². The smallest absolute Gasteiger partial charge is 0.310 e. The SMILES string of the molecule is COC(=O)C(C)CN(CCCn1ccnc1)C(=O)/C=C/c1ccc(F)cc1. The molecule has 0 aliphatic rings. The molecule has 0 saturated carbocycles. The lowest BCUT2D eigenvalue weighted by Gasteiger charge is -2.24. The number of imidazole rings is 1. The number of carbonyl (C=O) groups is 2. The first kappa shape index (κ1) is 20.4. The van der Waals surface area contributed by atoms with Gasteiger partial charge < -0.3 is 14.2 Å². The molecule has 144 valence electrons. The Kier molecular flexibility index (Phi) is 7.73. The van der Waals surface area contributed by atoms with Gasteiger partial charge in [0, 0.05) is 38.1 Å². The van der Waals surface area contributed by atoms with E-state index >= 15 is 0 Å². The number of hydrogen-bond acceptors (Lipinski definition) is 4. The average Bonchev–Trinajstić information content (AvgIpc) is 3.19. The van der Waals surface area contributed by atoms with Gasteiger partial charge in [-0.2, -0.15) is 0 Å². The molecule has 0 saturated heterocycles. The number of hydrogen-bond donors (Lipinski definition) is 0. The van der Waals surface area contributed by atoms with Crippen molar-refractivity contribution in [3.8, 4) is 0 Å². The van der Waals surface area contributed by atoms with E-state index in [4.69, 9.17) is 4.74 Å². The number of methoxy groups -OCH3 is 1. The summed E-state index contributed by atoms with van der Waals surface area (Å²) in [5.74, 6) is -1.32. The highest BCUT2D eigenvalue weighted by Crippen LogP contribution is 2.08. The van der Waals surface area contributed by atoms with E-state index in [9.17, 15) is 14.0 Å². The number of carbonyl (C=O) groups excluding carboxylic acids is 2. The third-order valence-corrected chi connectivity index (χ3v) is 4.10. The highest BCUT2D eigenvalue weighted by atomic mass is 19.1. The molecule has 1 heterocycles. The van der Waals surface area contributed by atoms with Gasteiger partial charge in [-0.25, -0.2) is 9.37 Å². The summed E-state index contributed by atoms with van der Waals surface area (Å²) >= 11 is 0. The molecule has 1 amide bonds. The largest absolute Gasteiger partial charge is 0.469 e. The van der Waals surface area contributed by atoms with Gasteiger partial charge in [0.1, 0.15) is 5.82 Å². The Hall–Kier alpha value is -2.96. The predicted molar refractivity (Wildman–Crippen MR) is 100 cm³/mol. The second kappa shape index (κ2) is 10.3. The van der Waals surface area contributed by atoms with Crippen LogP contribution in [0.25, 0.3) is 6.08 Å². The first-order valence-corrected chi connectivity index (χ1v) is 8.75. The van der Waals surface area contributed by atoms with Gasteiger partial charge in [-0.05, 0) is 30.2 Å². The number of aromatic nitrogens is 2. The molecule has 0 fully saturated rings. The van der Waals surface area contributed by atoms with Crippen molar-refractivity contribution in [3.63, 3.8) is 0 Å². The van der Waals surface area contributed by atoms with Crippen LogP contribution in [-0.4, -0.2) is 46.5 Å². The van der Waals surface area contributed by atoms with Crippen LogP contribution in [0.1, 0.15) is 18.9 Å². The molecule has 0 aliphatic heterocycles. The summed E-state index contributed by atoms with van der Waals surface area (Å²) in [5, 5.41) is 0. The van der Waals surface area contributed by atoms with Crippen molar-refractivity contribution in [1.82, 2.24) is 14.5 Å². The fraction of sp³-hybridized carbons (Fsp3) is 0.350. The van der Waals surface area contributed by atoms with E-state index in [1.807, 2.05) is 10.8 Å². The van der Waals surface area contributed by atoms with Crippen LogP contribution >= 0.6 is 0 Å². The maximum atomic E-state index is 13.0. The summed E-state index contributed by atoms with van der Waals surface area (Å²) in [6.45, 7) is 3.21. The minimum Gasteiger partial charge on any atom is -0.469 e. The molecular weight excluding hydrogens is 349 g/mol. The summed E-state index contributed by atoms with van der Waals surface area (Å²) in [5.41, 5.74) is 0.726. The minimum absolute atomic E-state index is 0.208. The van der Waals surface area contributed by atoms with Crippen molar-refractivity contribution in [2.75, 3.05) is 20.2 Å². The molecule has 1 atom stereocenters. The molecule has 1 aromatic heterocycles. The van der Waals surface area contributed by atoms with Gasteiger partial charge in [-0.15, -0.1) is 0 Å². The Morgan fingerprint density at radius 1 is 1.33 bits per heavy atom. The predicted octanol–water partition coefficient (Wildman–Crippen LogP) is 2.76. The van der Waals surface area contributed by atoms with Crippen molar-refractivity contribution < 1.29 is 18.7 Å². The number of halogens is 1. The summed E-state index contributed by atoms with van der Waals surface area (Å²) < 4.78 is 19.7. The molecule has 0 spiro atoms. The number of nitrogens with zero attached hydrogens (tertiary/aromatic N) is 3. The summed E-state index contributed by atoms with van der Waals surface area (Å²) in [7, 11) is 1.33. The Labute approximate surface area is 158 Å². The van der Waals surface area contributed by atoms with E-state index < -0.39 is 5.92 Å². The van der Waals surface area contributed by atoms with Crippen LogP contribution < -0.4 is 0 Å². The number of amides is 1. The minimum atomic E-state index is -0.425. The van der Waals surface area contributed by atoms with Gasteiger partial charge in [-0.1, -0.05) is 19.1 Å². The Bertz CT molecular complexity index is 757. The van der Waals surface area contributed by atoms with E-state index in [2.05, 4.69) is 4.98 Å². The van der Waals surface area contributed by atoms with Crippen LogP contribution in [0.2, 0.25) is 0 Å². The van der Waals surface area contributed by atoms with Gasteiger partial charge in [0.05, 0.1) is 19.4 Å². The van der Waals surface area contributed by atoms with Crippen LogP contribution in [0, 0.1) is 11.7 Å². The normalized spacial score (nSPS) is 12.1. The van der Waals surface area contributed by atoms with Gasteiger partial charge in [0.2, 0.25) is 5.91 Å². The molecule has 0 radical (unpaired) electrons. The first-order valence-electron chi connectivity index (χ1n) is 8.75. The Morgan fingerprint density at radius 3 is 2.70 bits per heavy atom. The molecule has 2 aromatic rings. The van der Waals surface area contributed by atoms with Crippen molar-refractivity contribution in [1.29, 1.82) is 0 Å². The maximum absolute atomic E-state index is 13.0. The highest BCUT2D eigenvalue weighted by molar-refractivity contribution is 5.92. The van der Waals surface area contributed by atoms with Crippen LogP contribution in [0.3, 0.4) is 0 Å². The lowest BCUT2D eigenvalue weighted by Crippen LogP contribution is -2.37. The lowest BCUT2D eigenvalue weighted by molar-refractivity contribution is -0.146. The standard InChI is InChI=1S/C20H24FN3O3/c1-16(20(26)27-2)14-24(12-3-11-23-13-10-22-15-23)19(25)9-6-17-4-7-18(21)8-5-17/h4-10,13,15-16H,3,11-12,14H2,1-2H3/b9-6+. The van der Waals surface area contributed by atoms with Gasteiger partial charge >= 0.3 is 5.97 Å². The monoisotopic (exact) mass is 373 g/mol. The van der Waals surface area contributed by atoms with Crippen molar-refractivity contribution >= 4 is 18.0 Å². The Morgan fingerprint density at radius 2 is 2.07 bits per heavy atom. The summed E-state index contributed by atoms with van der Waals surface area (Å²) in [4.78, 5) is 29.9. The van der Waals surface area contributed by atoms with E-state index in [0.29, 0.717) is 6.54 Å². The second-order valence-electron chi connectivity index (χ2n) is 6.25. The van der Waals surface area contributed by atoms with Crippen molar-refractivity contribution in [2.24, 2.45) is 5.92 Å². The first-order chi connectivity index (χ1) is 13.0. The average molecular weight is 373 g/mol. The number of ether oxygens (including phenoxy) is 1. The number of rotatable bonds is 9. The lowest BCUT2D eigenvalue weighted by atomic mass is 10.1. The maximum Gasteiger partial charge on any atom is 0.310 e. The highest BCUT2D eigenvalue weighted by Gasteiger charge is 2.20. The summed E-state index contributed by atoms with van der Waals surface area (Å²) in [6, 6.07) is 5.87. The third-order valence-electron chi connectivity index (χ3n) is 4.10.